The Morgan fingerprint density at radius 2 is 2.35 bits per heavy atom. The first-order valence-corrected chi connectivity index (χ1v) is 7.62. The molecule has 1 heterocycles. The Bertz CT molecular complexity index is 627. The number of carbonyl (C=O) groups is 1. The zero-order chi connectivity index (χ0) is 14.5. The monoisotopic (exact) mass is 329 g/mol. The quantitative estimate of drug-likeness (QED) is 0.514. The minimum Gasteiger partial charge on any atom is -0.296 e. The molecule has 0 aliphatic carbocycles. The fraction of sp³-hybridized carbons (Fsp3) is 0.0833. The van der Waals surface area contributed by atoms with Crippen LogP contribution in [-0.2, 0) is 0 Å². The number of benzene rings is 1. The highest BCUT2D eigenvalue weighted by molar-refractivity contribution is 8.01. The third kappa shape index (κ3) is 3.56. The van der Waals surface area contributed by atoms with Gasteiger partial charge in [-0.3, -0.25) is 10.1 Å². The lowest BCUT2D eigenvalue weighted by atomic mass is 10.2. The van der Waals surface area contributed by atoms with Gasteiger partial charge in [0.15, 0.2) is 4.34 Å². The first kappa shape index (κ1) is 15.0. The average molecular weight is 330 g/mol. The van der Waals surface area contributed by atoms with E-state index < -0.39 is 11.7 Å². The molecule has 1 aromatic carbocycles. The maximum Gasteiger partial charge on any atom is 0.261 e. The second-order valence-corrected chi connectivity index (χ2v) is 6.18. The van der Waals surface area contributed by atoms with Crippen molar-refractivity contribution in [2.75, 3.05) is 11.1 Å². The molecule has 1 N–H and O–H groups in total. The number of hydrogen-bond acceptors (Lipinski definition) is 5. The van der Waals surface area contributed by atoms with Crippen LogP contribution in [0.3, 0.4) is 0 Å². The summed E-state index contributed by atoms with van der Waals surface area (Å²) in [5, 5.41) is 10.5. The number of amides is 1. The van der Waals surface area contributed by atoms with Crippen molar-refractivity contribution >= 4 is 45.7 Å². The van der Waals surface area contributed by atoms with E-state index in [9.17, 15) is 9.18 Å². The number of thioether (sulfide) groups is 1. The van der Waals surface area contributed by atoms with Crippen LogP contribution in [0.4, 0.5) is 9.52 Å². The predicted octanol–water partition coefficient (Wildman–Crippen LogP) is 3.86. The van der Waals surface area contributed by atoms with Gasteiger partial charge in [-0.25, -0.2) is 4.39 Å². The summed E-state index contributed by atoms with van der Waals surface area (Å²) in [6.45, 7) is 3.60. The molecule has 104 valence electrons. The Kier molecular flexibility index (Phi) is 5.11. The number of carbonyl (C=O) groups excluding carboxylic acids is 1. The molecular formula is C12H9ClFN3OS2. The topological polar surface area (TPSA) is 54.9 Å². The lowest BCUT2D eigenvalue weighted by molar-refractivity contribution is 0.102. The second-order valence-electron chi connectivity index (χ2n) is 3.52. The van der Waals surface area contributed by atoms with Crippen molar-refractivity contribution < 1.29 is 9.18 Å². The van der Waals surface area contributed by atoms with Gasteiger partial charge in [-0.15, -0.1) is 16.8 Å². The molecule has 0 bridgehead atoms. The molecule has 2 aromatic rings. The largest absolute Gasteiger partial charge is 0.296 e. The zero-order valence-corrected chi connectivity index (χ0v) is 12.5. The Labute approximate surface area is 128 Å². The third-order valence-electron chi connectivity index (χ3n) is 2.14. The highest BCUT2D eigenvalue weighted by Gasteiger charge is 2.17. The number of hydrogen-bond donors (Lipinski definition) is 1. The number of anilines is 1. The summed E-state index contributed by atoms with van der Waals surface area (Å²) in [5.74, 6) is -0.632. The lowest BCUT2D eigenvalue weighted by Gasteiger charge is -2.04. The number of aromatic nitrogens is 2. The maximum atomic E-state index is 13.6. The molecule has 0 atom stereocenters. The molecule has 1 aromatic heterocycles. The van der Waals surface area contributed by atoms with Crippen LogP contribution in [0.2, 0.25) is 5.02 Å². The average Bonchev–Trinajstić information content (AvgIpc) is 2.83. The van der Waals surface area contributed by atoms with Gasteiger partial charge in [-0.2, -0.15) is 0 Å². The summed E-state index contributed by atoms with van der Waals surface area (Å²) in [7, 11) is 0. The van der Waals surface area contributed by atoms with Crippen molar-refractivity contribution in [3.8, 4) is 0 Å². The van der Waals surface area contributed by atoms with Crippen molar-refractivity contribution in [3.63, 3.8) is 0 Å². The minimum absolute atomic E-state index is 0.0493. The fourth-order valence-electron chi connectivity index (χ4n) is 1.32. The van der Waals surface area contributed by atoms with Crippen LogP contribution in [0.5, 0.6) is 0 Å². The van der Waals surface area contributed by atoms with Gasteiger partial charge in [-0.1, -0.05) is 46.8 Å². The van der Waals surface area contributed by atoms with E-state index >= 15 is 0 Å². The highest BCUT2D eigenvalue weighted by Crippen LogP contribution is 2.26. The fourth-order valence-corrected chi connectivity index (χ4v) is 3.08. The van der Waals surface area contributed by atoms with Crippen LogP contribution in [0.25, 0.3) is 0 Å². The number of nitrogens with one attached hydrogen (secondary N) is 1. The van der Waals surface area contributed by atoms with E-state index in [1.807, 2.05) is 0 Å². The molecule has 0 saturated heterocycles. The minimum atomic E-state index is -0.680. The van der Waals surface area contributed by atoms with Gasteiger partial charge in [0.1, 0.15) is 5.82 Å². The van der Waals surface area contributed by atoms with E-state index in [0.29, 0.717) is 15.2 Å². The van der Waals surface area contributed by atoms with Crippen LogP contribution in [0.15, 0.2) is 35.2 Å². The lowest BCUT2D eigenvalue weighted by Crippen LogP contribution is -2.14. The van der Waals surface area contributed by atoms with E-state index in [0.717, 1.165) is 0 Å². The molecular weight excluding hydrogens is 321 g/mol. The summed E-state index contributed by atoms with van der Waals surface area (Å²) in [6, 6.07) is 4.06. The summed E-state index contributed by atoms with van der Waals surface area (Å²) in [5.41, 5.74) is -0.204. The van der Waals surface area contributed by atoms with Gasteiger partial charge in [0.25, 0.3) is 5.91 Å². The summed E-state index contributed by atoms with van der Waals surface area (Å²) in [6.07, 6.45) is 1.74. The molecule has 0 fully saturated rings. The second kappa shape index (κ2) is 6.83. The van der Waals surface area contributed by atoms with Crippen molar-refractivity contribution in [3.05, 3.63) is 47.3 Å². The number of nitrogens with zero attached hydrogens (tertiary/aromatic N) is 2. The molecule has 0 aliphatic heterocycles. The molecule has 2 rings (SSSR count). The molecule has 0 unspecified atom stereocenters. The SMILES string of the molecule is C=CCSc1nnc(NC(=O)c2c(F)cccc2Cl)s1. The van der Waals surface area contributed by atoms with Crippen LogP contribution in [0.1, 0.15) is 10.4 Å². The van der Waals surface area contributed by atoms with E-state index in [1.54, 1.807) is 6.08 Å². The van der Waals surface area contributed by atoms with Crippen LogP contribution in [0, 0.1) is 5.82 Å². The van der Waals surface area contributed by atoms with Crippen LogP contribution >= 0.6 is 34.7 Å². The predicted molar refractivity (Wildman–Crippen MR) is 80.2 cm³/mol. The van der Waals surface area contributed by atoms with Gasteiger partial charge in [0.2, 0.25) is 5.13 Å². The maximum absolute atomic E-state index is 13.6. The van der Waals surface area contributed by atoms with Crippen molar-refractivity contribution in [2.24, 2.45) is 0 Å². The standard InChI is InChI=1S/C12H9ClFN3OS2/c1-2-6-19-12-17-16-11(20-12)15-10(18)9-7(13)4-3-5-8(9)14/h2-5H,1,6H2,(H,15,16,18). The third-order valence-corrected chi connectivity index (χ3v) is 4.42. The summed E-state index contributed by atoms with van der Waals surface area (Å²) < 4.78 is 14.3. The van der Waals surface area contributed by atoms with Crippen molar-refractivity contribution in [1.29, 1.82) is 0 Å². The normalized spacial score (nSPS) is 10.3. The van der Waals surface area contributed by atoms with Crippen molar-refractivity contribution in [1.82, 2.24) is 10.2 Å². The number of halogens is 2. The molecule has 8 heteroatoms. The van der Waals surface area contributed by atoms with Gasteiger partial charge >= 0.3 is 0 Å². The smallest absolute Gasteiger partial charge is 0.261 e. The van der Waals surface area contributed by atoms with E-state index in [4.69, 9.17) is 11.6 Å². The van der Waals surface area contributed by atoms with Gasteiger partial charge in [0.05, 0.1) is 10.6 Å². The summed E-state index contributed by atoms with van der Waals surface area (Å²) >= 11 is 8.46. The molecule has 0 spiro atoms. The first-order valence-electron chi connectivity index (χ1n) is 5.44. The first-order chi connectivity index (χ1) is 9.61. The van der Waals surface area contributed by atoms with E-state index in [-0.39, 0.29) is 10.6 Å². The Morgan fingerprint density at radius 3 is 3.05 bits per heavy atom. The molecule has 0 radical (unpaired) electrons. The molecule has 1 amide bonds. The van der Waals surface area contributed by atoms with E-state index in [2.05, 4.69) is 22.1 Å². The van der Waals surface area contributed by atoms with Gasteiger partial charge < -0.3 is 0 Å². The van der Waals surface area contributed by atoms with E-state index in [1.165, 1.54) is 41.3 Å². The highest BCUT2D eigenvalue weighted by atomic mass is 35.5. The molecule has 4 nitrogen and oxygen atoms in total. The summed E-state index contributed by atoms with van der Waals surface area (Å²) in [4.78, 5) is 12.0. The zero-order valence-electron chi connectivity index (χ0n) is 10.1. The molecule has 0 saturated carbocycles. The van der Waals surface area contributed by atoms with Gasteiger partial charge in [0, 0.05) is 5.75 Å². The Morgan fingerprint density at radius 1 is 1.55 bits per heavy atom. The van der Waals surface area contributed by atoms with Crippen LogP contribution < -0.4 is 5.32 Å². The Balaban J connectivity index is 2.11. The van der Waals surface area contributed by atoms with Gasteiger partial charge in [-0.05, 0) is 12.1 Å². The van der Waals surface area contributed by atoms with Crippen LogP contribution in [-0.4, -0.2) is 21.9 Å². The number of rotatable bonds is 5. The molecule has 0 aliphatic rings. The Hall–Kier alpha value is -1.44. The van der Waals surface area contributed by atoms with Crippen molar-refractivity contribution in [2.45, 2.75) is 4.34 Å². The molecule has 20 heavy (non-hydrogen) atoms.